The fourth-order valence-corrected chi connectivity index (χ4v) is 4.00. The van der Waals surface area contributed by atoms with Gasteiger partial charge in [0.1, 0.15) is 29.3 Å². The van der Waals surface area contributed by atoms with Crippen LogP contribution in [0.15, 0.2) is 42.5 Å². The highest BCUT2D eigenvalue weighted by Crippen LogP contribution is 2.37. The van der Waals surface area contributed by atoms with E-state index in [0.717, 1.165) is 16.6 Å². The predicted molar refractivity (Wildman–Crippen MR) is 118 cm³/mol. The van der Waals surface area contributed by atoms with Crippen molar-refractivity contribution in [2.75, 3.05) is 12.5 Å². The van der Waals surface area contributed by atoms with E-state index in [1.165, 1.54) is 0 Å². The zero-order valence-electron chi connectivity index (χ0n) is 17.0. The lowest BCUT2D eigenvalue weighted by Gasteiger charge is -2.09. The van der Waals surface area contributed by atoms with E-state index < -0.39 is 0 Å². The van der Waals surface area contributed by atoms with Gasteiger partial charge in [0.25, 0.3) is 0 Å². The number of fused-ring (bicyclic) bond motifs is 3. The van der Waals surface area contributed by atoms with E-state index in [-0.39, 0.29) is 18.2 Å². The van der Waals surface area contributed by atoms with Crippen molar-refractivity contribution in [2.45, 2.75) is 6.54 Å². The van der Waals surface area contributed by atoms with Gasteiger partial charge in [0.2, 0.25) is 6.79 Å². The molecule has 0 unspecified atom stereocenters. The maximum Gasteiger partial charge on any atom is 0.231 e. The third kappa shape index (κ3) is 2.82. The number of imidazole rings is 1. The van der Waals surface area contributed by atoms with Gasteiger partial charge in [0.05, 0.1) is 23.1 Å². The van der Waals surface area contributed by atoms with Crippen LogP contribution in [0.5, 0.6) is 11.5 Å². The number of aromatic nitrogens is 5. The van der Waals surface area contributed by atoms with E-state index in [2.05, 4.69) is 19.9 Å². The predicted octanol–water partition coefficient (Wildman–Crippen LogP) is 3.08. The molecule has 158 valence electrons. The second kappa shape index (κ2) is 6.97. The smallest absolute Gasteiger partial charge is 0.231 e. The number of aromatic amines is 1. The van der Waals surface area contributed by atoms with Crippen LogP contribution in [0.4, 0.5) is 5.82 Å². The Labute approximate surface area is 186 Å². The van der Waals surface area contributed by atoms with Crippen molar-refractivity contribution in [2.24, 2.45) is 0 Å². The normalized spacial score (nSPS) is 12.2. The molecule has 0 bridgehead atoms. The average Bonchev–Trinajstić information content (AvgIpc) is 3.54. The van der Waals surface area contributed by atoms with Crippen molar-refractivity contribution in [1.82, 2.24) is 24.5 Å². The standard InChI is InChI=1S/C23H14N8O2/c24-8-15-16(9-25)30-23-20(27-15)19(22-28-13-3-1-2-4-14(13)29-22)21(26)31(23)10-12-5-6-17-18(7-12)33-11-32-17/h1-7H,10-11,26H2,(H,28,29). The summed E-state index contributed by atoms with van der Waals surface area (Å²) in [6.45, 7) is 0.516. The Balaban J connectivity index is 1.59. The molecule has 0 amide bonds. The summed E-state index contributed by atoms with van der Waals surface area (Å²) in [4.78, 5) is 16.8. The number of hydrogen-bond donors (Lipinski definition) is 2. The highest BCUT2D eigenvalue weighted by atomic mass is 16.7. The number of nitriles is 2. The van der Waals surface area contributed by atoms with Crippen molar-refractivity contribution >= 4 is 28.0 Å². The van der Waals surface area contributed by atoms with Gasteiger partial charge in [-0.25, -0.2) is 15.0 Å². The molecule has 4 heterocycles. The largest absolute Gasteiger partial charge is 0.454 e. The monoisotopic (exact) mass is 434 g/mol. The van der Waals surface area contributed by atoms with Crippen molar-refractivity contribution in [3.8, 4) is 35.0 Å². The molecule has 10 heteroatoms. The van der Waals surface area contributed by atoms with Crippen LogP contribution in [-0.4, -0.2) is 31.3 Å². The Bertz CT molecular complexity index is 1640. The Morgan fingerprint density at radius 2 is 1.79 bits per heavy atom. The number of para-hydroxylation sites is 2. The number of anilines is 1. The summed E-state index contributed by atoms with van der Waals surface area (Å²) in [6, 6.07) is 17.1. The van der Waals surface area contributed by atoms with E-state index in [1.54, 1.807) is 4.57 Å². The molecule has 0 fully saturated rings. The number of nitrogens with zero attached hydrogens (tertiary/aromatic N) is 6. The molecule has 5 aromatic rings. The molecule has 33 heavy (non-hydrogen) atoms. The molecule has 0 spiro atoms. The first kappa shape index (κ1) is 18.7. The average molecular weight is 434 g/mol. The van der Waals surface area contributed by atoms with Gasteiger partial charge in [-0.15, -0.1) is 0 Å². The highest BCUT2D eigenvalue weighted by molar-refractivity contribution is 5.98. The van der Waals surface area contributed by atoms with E-state index >= 15 is 0 Å². The van der Waals surface area contributed by atoms with Gasteiger partial charge in [-0.05, 0) is 29.8 Å². The first-order valence-corrected chi connectivity index (χ1v) is 10.00. The van der Waals surface area contributed by atoms with E-state index in [1.807, 2.05) is 54.6 Å². The van der Waals surface area contributed by atoms with E-state index in [0.29, 0.717) is 46.4 Å². The molecule has 1 aliphatic heterocycles. The van der Waals surface area contributed by atoms with Crippen molar-refractivity contribution < 1.29 is 9.47 Å². The molecule has 0 saturated heterocycles. The Kier molecular flexibility index (Phi) is 3.94. The van der Waals surface area contributed by atoms with Crippen molar-refractivity contribution in [3.05, 3.63) is 59.4 Å². The van der Waals surface area contributed by atoms with Crippen LogP contribution in [0.3, 0.4) is 0 Å². The van der Waals surface area contributed by atoms with E-state index in [4.69, 9.17) is 15.2 Å². The number of rotatable bonds is 3. The number of nitrogens with one attached hydrogen (secondary N) is 1. The minimum atomic E-state index is -0.0670. The molecular formula is C23H14N8O2. The van der Waals surface area contributed by atoms with Gasteiger partial charge in [-0.3, -0.25) is 0 Å². The fraction of sp³-hybridized carbons (Fsp3) is 0.0870. The minimum absolute atomic E-state index is 0.0643. The summed E-state index contributed by atoms with van der Waals surface area (Å²) in [5.41, 5.74) is 10.3. The molecular weight excluding hydrogens is 420 g/mol. The van der Waals surface area contributed by atoms with Gasteiger partial charge in [0.15, 0.2) is 28.5 Å². The lowest BCUT2D eigenvalue weighted by atomic mass is 10.2. The van der Waals surface area contributed by atoms with Gasteiger partial charge >= 0.3 is 0 Å². The summed E-state index contributed by atoms with van der Waals surface area (Å²) >= 11 is 0. The molecule has 6 rings (SSSR count). The number of benzene rings is 2. The summed E-state index contributed by atoms with van der Waals surface area (Å²) in [6.07, 6.45) is 0. The van der Waals surface area contributed by atoms with Crippen LogP contribution in [-0.2, 0) is 6.54 Å². The molecule has 0 saturated carbocycles. The third-order valence-corrected chi connectivity index (χ3v) is 5.53. The second-order valence-corrected chi connectivity index (χ2v) is 7.45. The SMILES string of the molecule is N#Cc1nc2c(-c3nc4ccccc4[nH]3)c(N)n(Cc3ccc4c(c3)OCO4)c2nc1C#N. The zero-order chi connectivity index (χ0) is 22.5. The van der Waals surface area contributed by atoms with E-state index in [9.17, 15) is 10.5 Å². The fourth-order valence-electron chi connectivity index (χ4n) is 4.00. The summed E-state index contributed by atoms with van der Waals surface area (Å²) in [5.74, 6) is 2.19. The molecule has 0 atom stereocenters. The molecule has 3 N–H and O–H groups in total. The Morgan fingerprint density at radius 1 is 1.00 bits per heavy atom. The molecule has 0 aliphatic carbocycles. The first-order valence-electron chi connectivity index (χ1n) is 10.00. The highest BCUT2D eigenvalue weighted by Gasteiger charge is 2.24. The molecule has 2 aromatic carbocycles. The van der Waals surface area contributed by atoms with Gasteiger partial charge < -0.3 is 24.8 Å². The van der Waals surface area contributed by atoms with Crippen LogP contribution in [0, 0.1) is 22.7 Å². The lowest BCUT2D eigenvalue weighted by molar-refractivity contribution is 0.174. The molecule has 1 aliphatic rings. The first-order chi connectivity index (χ1) is 16.2. The maximum atomic E-state index is 9.49. The topological polar surface area (TPSA) is 151 Å². The van der Waals surface area contributed by atoms with Crippen LogP contribution in [0.2, 0.25) is 0 Å². The molecule has 10 nitrogen and oxygen atoms in total. The maximum absolute atomic E-state index is 9.49. The second-order valence-electron chi connectivity index (χ2n) is 7.45. The van der Waals surface area contributed by atoms with Crippen molar-refractivity contribution in [3.63, 3.8) is 0 Å². The number of hydrogen-bond acceptors (Lipinski definition) is 8. The summed E-state index contributed by atoms with van der Waals surface area (Å²) in [7, 11) is 0. The van der Waals surface area contributed by atoms with Gasteiger partial charge in [-0.1, -0.05) is 18.2 Å². The van der Waals surface area contributed by atoms with Crippen LogP contribution in [0.25, 0.3) is 33.6 Å². The van der Waals surface area contributed by atoms with Crippen LogP contribution in [0.1, 0.15) is 17.0 Å². The van der Waals surface area contributed by atoms with Gasteiger partial charge in [0, 0.05) is 0 Å². The minimum Gasteiger partial charge on any atom is -0.454 e. The number of nitrogens with two attached hydrogens (primary N) is 1. The van der Waals surface area contributed by atoms with Crippen LogP contribution < -0.4 is 15.2 Å². The number of H-pyrrole nitrogens is 1. The summed E-state index contributed by atoms with van der Waals surface area (Å²) in [5, 5.41) is 19.0. The number of nitrogen functional groups attached to an aromatic ring is 1. The molecule has 3 aromatic heterocycles. The Morgan fingerprint density at radius 3 is 2.61 bits per heavy atom. The van der Waals surface area contributed by atoms with Gasteiger partial charge in [-0.2, -0.15) is 10.5 Å². The summed E-state index contributed by atoms with van der Waals surface area (Å²) < 4.78 is 12.6. The van der Waals surface area contributed by atoms with Crippen molar-refractivity contribution in [1.29, 1.82) is 10.5 Å². The van der Waals surface area contributed by atoms with Crippen LogP contribution >= 0.6 is 0 Å². The quantitative estimate of drug-likeness (QED) is 0.439. The third-order valence-electron chi connectivity index (χ3n) is 5.53. The lowest BCUT2D eigenvalue weighted by Crippen LogP contribution is -2.06. The Hall–Kier alpha value is -5.09. The molecule has 0 radical (unpaired) electrons. The zero-order valence-corrected chi connectivity index (χ0v) is 17.0. The number of ether oxygens (including phenoxy) is 2.